The summed E-state index contributed by atoms with van der Waals surface area (Å²) in [5.74, 6) is 1.02. The van der Waals surface area contributed by atoms with Crippen LogP contribution in [0.4, 0.5) is 4.39 Å². The number of β-amino-alcohol motifs (C(OH)–C–C–N with tert-alkyl or cyclic N) is 1. The lowest BCUT2D eigenvalue weighted by Gasteiger charge is -2.34. The number of nitrogens with zero attached hydrogens (tertiary/aromatic N) is 2. The number of rotatable bonds is 11. The van der Waals surface area contributed by atoms with Crippen LogP contribution in [0.1, 0.15) is 18.1 Å². The predicted octanol–water partition coefficient (Wildman–Crippen LogP) is 2.50. The van der Waals surface area contributed by atoms with E-state index in [-0.39, 0.29) is 12.4 Å². The van der Waals surface area contributed by atoms with E-state index in [1.165, 1.54) is 6.07 Å². The van der Waals surface area contributed by atoms with E-state index in [1.807, 2.05) is 24.3 Å². The van der Waals surface area contributed by atoms with Crippen LogP contribution in [0.15, 0.2) is 42.5 Å². The summed E-state index contributed by atoms with van der Waals surface area (Å²) in [5.41, 5.74) is 1.65. The van der Waals surface area contributed by atoms with E-state index < -0.39 is 6.10 Å². The van der Waals surface area contributed by atoms with Crippen LogP contribution in [0.25, 0.3) is 0 Å². The zero-order valence-corrected chi connectivity index (χ0v) is 18.5. The topological polar surface area (TPSA) is 57.2 Å². The maximum atomic E-state index is 13.7. The monoisotopic (exact) mass is 431 g/mol. The number of nitrogens with one attached hydrogen (secondary N) is 1. The van der Waals surface area contributed by atoms with Crippen molar-refractivity contribution >= 4 is 0 Å². The fourth-order valence-electron chi connectivity index (χ4n) is 3.75. The van der Waals surface area contributed by atoms with Crippen LogP contribution in [-0.2, 0) is 13.1 Å². The third-order valence-corrected chi connectivity index (χ3v) is 5.64. The summed E-state index contributed by atoms with van der Waals surface area (Å²) in [7, 11) is 1.60. The molecule has 0 bridgehead atoms. The van der Waals surface area contributed by atoms with Gasteiger partial charge in [0.05, 0.1) is 7.11 Å². The number of methoxy groups -OCH3 is 1. The first-order chi connectivity index (χ1) is 15.1. The maximum Gasteiger partial charge on any atom is 0.161 e. The summed E-state index contributed by atoms with van der Waals surface area (Å²) < 4.78 is 25.0. The Kier molecular flexibility index (Phi) is 9.09. The molecule has 6 nitrogen and oxygen atoms in total. The van der Waals surface area contributed by atoms with E-state index in [2.05, 4.69) is 22.0 Å². The highest BCUT2D eigenvalue weighted by Crippen LogP contribution is 2.28. The molecule has 0 aliphatic carbocycles. The van der Waals surface area contributed by atoms with Gasteiger partial charge in [0.1, 0.15) is 18.5 Å². The van der Waals surface area contributed by atoms with Crippen molar-refractivity contribution < 1.29 is 19.0 Å². The van der Waals surface area contributed by atoms with Gasteiger partial charge in [-0.15, -0.1) is 0 Å². The normalized spacial score (nSPS) is 16.3. The minimum Gasteiger partial charge on any atom is -0.493 e. The van der Waals surface area contributed by atoms with Crippen LogP contribution in [0.2, 0.25) is 0 Å². The van der Waals surface area contributed by atoms with E-state index in [4.69, 9.17) is 9.47 Å². The third kappa shape index (κ3) is 7.18. The number of aliphatic hydroxyl groups is 1. The number of likely N-dealkylation sites (N-methyl/N-ethyl adjacent to an activating group) is 1. The summed E-state index contributed by atoms with van der Waals surface area (Å²) in [6.07, 6.45) is -0.556. The quantitative estimate of drug-likeness (QED) is 0.570. The number of hydrogen-bond acceptors (Lipinski definition) is 6. The second kappa shape index (κ2) is 12.0. The van der Waals surface area contributed by atoms with Gasteiger partial charge in [-0.05, 0) is 30.3 Å². The van der Waals surface area contributed by atoms with Gasteiger partial charge < -0.3 is 24.8 Å². The first-order valence-electron chi connectivity index (χ1n) is 11.0. The maximum absolute atomic E-state index is 13.7. The molecule has 1 atom stereocenters. The van der Waals surface area contributed by atoms with Crippen molar-refractivity contribution in [2.24, 2.45) is 0 Å². The van der Waals surface area contributed by atoms with E-state index in [1.54, 1.807) is 19.2 Å². The minimum absolute atomic E-state index is 0.206. The summed E-state index contributed by atoms with van der Waals surface area (Å²) in [6.45, 7) is 9.15. The molecule has 0 amide bonds. The molecule has 2 N–H and O–H groups in total. The van der Waals surface area contributed by atoms with Gasteiger partial charge in [0.25, 0.3) is 0 Å². The average molecular weight is 432 g/mol. The molecule has 2 aromatic rings. The number of hydrogen-bond donors (Lipinski definition) is 2. The standard InChI is InChI=1S/C24H34FN3O3/c1-3-27-10-12-28(13-11-27)17-21(29)18-31-23-9-8-19(14-24(23)30-2)15-26-16-20-6-4-5-7-22(20)25/h4-9,14,21,26,29H,3,10-13,15-18H2,1-2H3/t21-/m1/s1. The molecular weight excluding hydrogens is 397 g/mol. The SMILES string of the molecule is CCN1CCN(C[C@@H](O)COc2ccc(CNCc3ccccc3F)cc2OC)CC1. The summed E-state index contributed by atoms with van der Waals surface area (Å²) in [6, 6.07) is 12.5. The van der Waals surface area contributed by atoms with Gasteiger partial charge >= 0.3 is 0 Å². The van der Waals surface area contributed by atoms with Gasteiger partial charge in [0.15, 0.2) is 11.5 Å². The van der Waals surface area contributed by atoms with Crippen LogP contribution in [0.5, 0.6) is 11.5 Å². The molecule has 0 unspecified atom stereocenters. The summed E-state index contributed by atoms with van der Waals surface area (Å²) in [5, 5.41) is 13.6. The molecule has 0 saturated carbocycles. The molecule has 0 radical (unpaired) electrons. The zero-order chi connectivity index (χ0) is 22.1. The van der Waals surface area contributed by atoms with Crippen molar-refractivity contribution in [2.45, 2.75) is 26.1 Å². The molecule has 170 valence electrons. The summed E-state index contributed by atoms with van der Waals surface area (Å²) >= 11 is 0. The smallest absolute Gasteiger partial charge is 0.161 e. The predicted molar refractivity (Wildman–Crippen MR) is 120 cm³/mol. The second-order valence-electron chi connectivity index (χ2n) is 7.88. The Labute approximate surface area is 184 Å². The van der Waals surface area contributed by atoms with Crippen LogP contribution in [0, 0.1) is 5.82 Å². The summed E-state index contributed by atoms with van der Waals surface area (Å²) in [4.78, 5) is 4.69. The van der Waals surface area contributed by atoms with E-state index in [0.717, 1.165) is 38.3 Å². The Bertz CT molecular complexity index is 812. The van der Waals surface area contributed by atoms with Crippen molar-refractivity contribution in [1.82, 2.24) is 15.1 Å². The molecule has 0 aromatic heterocycles. The lowest BCUT2D eigenvalue weighted by Crippen LogP contribution is -2.49. The van der Waals surface area contributed by atoms with Crippen LogP contribution in [0.3, 0.4) is 0 Å². The molecule has 1 aliphatic heterocycles. The molecule has 1 aliphatic rings. The molecule has 7 heteroatoms. The minimum atomic E-state index is -0.556. The average Bonchev–Trinajstić information content (AvgIpc) is 2.79. The molecule has 31 heavy (non-hydrogen) atoms. The number of halogens is 1. The second-order valence-corrected chi connectivity index (χ2v) is 7.88. The Morgan fingerprint density at radius 3 is 2.48 bits per heavy atom. The number of benzene rings is 2. The Hall–Kier alpha value is -2.19. The highest BCUT2D eigenvalue weighted by molar-refractivity contribution is 5.43. The lowest BCUT2D eigenvalue weighted by molar-refractivity contribution is 0.0464. The Morgan fingerprint density at radius 2 is 1.77 bits per heavy atom. The largest absolute Gasteiger partial charge is 0.493 e. The fourth-order valence-corrected chi connectivity index (χ4v) is 3.75. The first-order valence-corrected chi connectivity index (χ1v) is 11.0. The van der Waals surface area contributed by atoms with Gasteiger partial charge in [-0.25, -0.2) is 4.39 Å². The molecule has 2 aromatic carbocycles. The highest BCUT2D eigenvalue weighted by Gasteiger charge is 2.19. The lowest BCUT2D eigenvalue weighted by atomic mass is 10.1. The van der Waals surface area contributed by atoms with Crippen molar-refractivity contribution in [3.63, 3.8) is 0 Å². The van der Waals surface area contributed by atoms with Gasteiger partial charge in [0, 0.05) is 51.4 Å². The van der Waals surface area contributed by atoms with Crippen LogP contribution < -0.4 is 14.8 Å². The Morgan fingerprint density at radius 1 is 1.03 bits per heavy atom. The van der Waals surface area contributed by atoms with Gasteiger partial charge in [-0.1, -0.05) is 31.2 Å². The molecular formula is C24H34FN3O3. The highest BCUT2D eigenvalue weighted by atomic mass is 19.1. The van der Waals surface area contributed by atoms with Crippen LogP contribution in [-0.4, -0.2) is 74.0 Å². The van der Waals surface area contributed by atoms with Gasteiger partial charge in [0.2, 0.25) is 0 Å². The molecule has 1 heterocycles. The van der Waals surface area contributed by atoms with Crippen molar-refractivity contribution in [2.75, 3.05) is 53.0 Å². The van der Waals surface area contributed by atoms with Crippen molar-refractivity contribution in [3.8, 4) is 11.5 Å². The fraction of sp³-hybridized carbons (Fsp3) is 0.500. The van der Waals surface area contributed by atoms with E-state index >= 15 is 0 Å². The van der Waals surface area contributed by atoms with Gasteiger partial charge in [-0.3, -0.25) is 4.90 Å². The first kappa shape index (κ1) is 23.5. The third-order valence-electron chi connectivity index (χ3n) is 5.64. The van der Waals surface area contributed by atoms with Crippen molar-refractivity contribution in [1.29, 1.82) is 0 Å². The van der Waals surface area contributed by atoms with E-state index in [9.17, 15) is 9.50 Å². The van der Waals surface area contributed by atoms with E-state index in [0.29, 0.717) is 36.7 Å². The molecule has 1 fully saturated rings. The molecule has 3 rings (SSSR count). The van der Waals surface area contributed by atoms with Gasteiger partial charge in [-0.2, -0.15) is 0 Å². The molecule has 0 spiro atoms. The molecule has 1 saturated heterocycles. The number of piperazine rings is 1. The Balaban J connectivity index is 1.45. The number of aliphatic hydroxyl groups excluding tert-OH is 1. The van der Waals surface area contributed by atoms with Crippen LogP contribution >= 0.6 is 0 Å². The zero-order valence-electron chi connectivity index (χ0n) is 18.5. The van der Waals surface area contributed by atoms with Crippen molar-refractivity contribution in [3.05, 3.63) is 59.4 Å². The number of ether oxygens (including phenoxy) is 2.